The Bertz CT molecular complexity index is 1110. The quantitative estimate of drug-likeness (QED) is 0.355. The van der Waals surface area contributed by atoms with E-state index in [4.69, 9.17) is 4.74 Å². The average Bonchev–Trinajstić information content (AvgIpc) is 2.78. The molecule has 0 fully saturated rings. The number of ether oxygens (including phenoxy) is 1. The third kappa shape index (κ3) is 6.59. The molecule has 32 heavy (non-hydrogen) atoms. The molecule has 0 aliphatic rings. The SMILES string of the molecule is CCN(Cc1ccccc1)c1ccc(/C=N/NS(=O)(=O)c2ccc(OC(C)C)cc2)cc1. The Morgan fingerprint density at radius 2 is 1.62 bits per heavy atom. The Morgan fingerprint density at radius 1 is 0.969 bits per heavy atom. The standard InChI is InChI=1S/C25H29N3O3S/c1-4-28(19-22-8-6-5-7-9-22)23-12-10-21(11-13-23)18-26-27-32(29,30)25-16-14-24(15-17-25)31-20(2)3/h5-18,20,27H,4,19H2,1-3H3/b26-18+. The lowest BCUT2D eigenvalue weighted by molar-refractivity contribution is 0.242. The molecule has 0 saturated heterocycles. The van der Waals surface area contributed by atoms with Crippen molar-refractivity contribution in [2.75, 3.05) is 11.4 Å². The van der Waals surface area contributed by atoms with E-state index in [0.29, 0.717) is 5.75 Å². The van der Waals surface area contributed by atoms with Gasteiger partial charge < -0.3 is 9.64 Å². The number of anilines is 1. The van der Waals surface area contributed by atoms with Crippen molar-refractivity contribution < 1.29 is 13.2 Å². The van der Waals surface area contributed by atoms with Crippen molar-refractivity contribution in [2.24, 2.45) is 5.10 Å². The molecule has 0 unspecified atom stereocenters. The smallest absolute Gasteiger partial charge is 0.276 e. The van der Waals surface area contributed by atoms with Gasteiger partial charge in [0, 0.05) is 18.8 Å². The molecule has 0 aromatic heterocycles. The summed E-state index contributed by atoms with van der Waals surface area (Å²) in [5, 5.41) is 3.92. The number of hydrogen-bond acceptors (Lipinski definition) is 5. The molecule has 168 valence electrons. The van der Waals surface area contributed by atoms with Crippen LogP contribution in [-0.2, 0) is 16.6 Å². The zero-order valence-electron chi connectivity index (χ0n) is 18.6. The summed E-state index contributed by atoms with van der Waals surface area (Å²) in [5.41, 5.74) is 3.14. The number of benzene rings is 3. The molecule has 3 aromatic rings. The highest BCUT2D eigenvalue weighted by molar-refractivity contribution is 7.89. The number of hydrazone groups is 1. The van der Waals surface area contributed by atoms with Crippen molar-refractivity contribution in [1.82, 2.24) is 4.83 Å². The van der Waals surface area contributed by atoms with E-state index in [2.05, 4.69) is 33.9 Å². The fourth-order valence-corrected chi connectivity index (χ4v) is 3.94. The van der Waals surface area contributed by atoms with Gasteiger partial charge in [-0.1, -0.05) is 42.5 Å². The van der Waals surface area contributed by atoms with Crippen molar-refractivity contribution in [1.29, 1.82) is 0 Å². The van der Waals surface area contributed by atoms with E-state index in [1.54, 1.807) is 12.1 Å². The van der Waals surface area contributed by atoms with E-state index in [1.165, 1.54) is 23.9 Å². The Balaban J connectivity index is 1.61. The molecule has 0 atom stereocenters. The molecule has 0 radical (unpaired) electrons. The van der Waals surface area contributed by atoms with Crippen LogP contribution in [-0.4, -0.2) is 27.3 Å². The Morgan fingerprint density at radius 3 is 2.22 bits per heavy atom. The summed E-state index contributed by atoms with van der Waals surface area (Å²) in [5.74, 6) is 0.621. The van der Waals surface area contributed by atoms with E-state index in [9.17, 15) is 8.42 Å². The lowest BCUT2D eigenvalue weighted by Gasteiger charge is -2.23. The summed E-state index contributed by atoms with van der Waals surface area (Å²) in [4.78, 5) is 4.65. The monoisotopic (exact) mass is 451 g/mol. The van der Waals surface area contributed by atoms with Crippen LogP contribution >= 0.6 is 0 Å². The van der Waals surface area contributed by atoms with Gasteiger partial charge in [0.25, 0.3) is 10.0 Å². The van der Waals surface area contributed by atoms with E-state index < -0.39 is 10.0 Å². The predicted molar refractivity (Wildman–Crippen MR) is 130 cm³/mol. The van der Waals surface area contributed by atoms with E-state index in [-0.39, 0.29) is 11.0 Å². The van der Waals surface area contributed by atoms with Gasteiger partial charge in [0.1, 0.15) is 5.75 Å². The van der Waals surface area contributed by atoms with Gasteiger partial charge in [0.2, 0.25) is 0 Å². The van der Waals surface area contributed by atoms with Crippen molar-refractivity contribution in [3.8, 4) is 5.75 Å². The molecule has 6 nitrogen and oxygen atoms in total. The van der Waals surface area contributed by atoms with Crippen molar-refractivity contribution in [2.45, 2.75) is 38.3 Å². The zero-order valence-corrected chi connectivity index (χ0v) is 19.4. The summed E-state index contributed by atoms with van der Waals surface area (Å²) in [6, 6.07) is 24.4. The highest BCUT2D eigenvalue weighted by atomic mass is 32.2. The fourth-order valence-electron chi connectivity index (χ4n) is 3.15. The first kappa shape index (κ1) is 23.3. The van der Waals surface area contributed by atoms with Gasteiger partial charge in [0.05, 0.1) is 17.2 Å². The van der Waals surface area contributed by atoms with Gasteiger partial charge in [-0.3, -0.25) is 0 Å². The first-order chi connectivity index (χ1) is 15.4. The topological polar surface area (TPSA) is 71.0 Å². The van der Waals surface area contributed by atoms with E-state index in [1.807, 2.05) is 56.3 Å². The number of hydrogen-bond donors (Lipinski definition) is 1. The Hall–Kier alpha value is -3.32. The van der Waals surface area contributed by atoms with Crippen molar-refractivity contribution in [3.05, 3.63) is 90.0 Å². The first-order valence-corrected chi connectivity index (χ1v) is 12.1. The summed E-state index contributed by atoms with van der Waals surface area (Å²) in [7, 11) is -3.75. The summed E-state index contributed by atoms with van der Waals surface area (Å²) in [6.07, 6.45) is 1.51. The second kappa shape index (κ2) is 10.8. The van der Waals surface area contributed by atoms with Crippen LogP contribution in [0.5, 0.6) is 5.75 Å². The maximum Gasteiger partial charge on any atom is 0.276 e. The minimum Gasteiger partial charge on any atom is -0.491 e. The lowest BCUT2D eigenvalue weighted by Crippen LogP contribution is -2.21. The third-order valence-electron chi connectivity index (χ3n) is 4.75. The molecule has 0 spiro atoms. The molecule has 0 heterocycles. The number of rotatable bonds is 10. The van der Waals surface area contributed by atoms with E-state index in [0.717, 1.165) is 24.3 Å². The van der Waals surface area contributed by atoms with Gasteiger partial charge in [-0.05, 0) is 68.3 Å². The molecule has 1 N–H and O–H groups in total. The molecule has 0 amide bonds. The maximum absolute atomic E-state index is 12.4. The molecule has 0 aliphatic heterocycles. The van der Waals surface area contributed by atoms with Crippen LogP contribution in [0.2, 0.25) is 0 Å². The number of nitrogens with one attached hydrogen (secondary N) is 1. The van der Waals surface area contributed by atoms with Crippen LogP contribution < -0.4 is 14.5 Å². The summed E-state index contributed by atoms with van der Waals surface area (Å²) in [6.45, 7) is 7.65. The molecule has 0 saturated carbocycles. The summed E-state index contributed by atoms with van der Waals surface area (Å²) >= 11 is 0. The molecule has 0 aliphatic carbocycles. The lowest BCUT2D eigenvalue weighted by atomic mass is 10.1. The Kier molecular flexibility index (Phi) is 7.89. The van der Waals surface area contributed by atoms with E-state index >= 15 is 0 Å². The molecule has 3 rings (SSSR count). The molecular weight excluding hydrogens is 422 g/mol. The second-order valence-electron chi connectivity index (χ2n) is 7.58. The molecule has 0 bridgehead atoms. The maximum atomic E-state index is 12.4. The van der Waals surface area contributed by atoms with Crippen LogP contribution in [0.25, 0.3) is 0 Å². The van der Waals surface area contributed by atoms with Gasteiger partial charge in [-0.15, -0.1) is 0 Å². The van der Waals surface area contributed by atoms with Crippen LogP contribution in [0.4, 0.5) is 5.69 Å². The van der Waals surface area contributed by atoms with Crippen LogP contribution in [0, 0.1) is 0 Å². The van der Waals surface area contributed by atoms with Crippen LogP contribution in [0.15, 0.2) is 88.9 Å². The van der Waals surface area contributed by atoms with Crippen molar-refractivity contribution in [3.63, 3.8) is 0 Å². The highest BCUT2D eigenvalue weighted by Crippen LogP contribution is 2.18. The van der Waals surface area contributed by atoms with Gasteiger partial charge in [-0.2, -0.15) is 13.5 Å². The average molecular weight is 452 g/mol. The zero-order chi connectivity index (χ0) is 23.0. The molecule has 7 heteroatoms. The van der Waals surface area contributed by atoms with Gasteiger partial charge in [-0.25, -0.2) is 4.83 Å². The first-order valence-electron chi connectivity index (χ1n) is 10.6. The minimum atomic E-state index is -3.75. The highest BCUT2D eigenvalue weighted by Gasteiger charge is 2.13. The normalized spacial score (nSPS) is 11.6. The Labute approximate surface area is 190 Å². The number of nitrogens with zero attached hydrogens (tertiary/aromatic N) is 2. The fraction of sp³-hybridized carbons (Fsp3) is 0.240. The van der Waals surface area contributed by atoms with Gasteiger partial charge >= 0.3 is 0 Å². The van der Waals surface area contributed by atoms with Gasteiger partial charge in [0.15, 0.2) is 0 Å². The second-order valence-corrected chi connectivity index (χ2v) is 9.24. The minimum absolute atomic E-state index is 0.0225. The van der Waals surface area contributed by atoms with Crippen molar-refractivity contribution >= 4 is 21.9 Å². The molecular formula is C25H29N3O3S. The van der Waals surface area contributed by atoms with Crippen LogP contribution in [0.3, 0.4) is 0 Å². The third-order valence-corrected chi connectivity index (χ3v) is 5.99. The molecule has 3 aromatic carbocycles. The van der Waals surface area contributed by atoms with Crippen LogP contribution in [0.1, 0.15) is 31.9 Å². The number of sulfonamides is 1. The predicted octanol–water partition coefficient (Wildman–Crippen LogP) is 4.81. The largest absolute Gasteiger partial charge is 0.491 e. The summed E-state index contributed by atoms with van der Waals surface area (Å²) < 4.78 is 30.4.